The third-order valence-electron chi connectivity index (χ3n) is 3.23. The molecular weight excluding hydrogens is 196 g/mol. The Balaban J connectivity index is 2.12. The van der Waals surface area contributed by atoms with Crippen molar-refractivity contribution in [3.63, 3.8) is 0 Å². The van der Waals surface area contributed by atoms with Crippen LogP contribution in [-0.4, -0.2) is 6.04 Å². The largest absolute Gasteiger partial charge is 0.379 e. The molecule has 0 saturated carbocycles. The van der Waals surface area contributed by atoms with Crippen LogP contribution in [0.3, 0.4) is 0 Å². The zero-order chi connectivity index (χ0) is 11.0. The predicted molar refractivity (Wildman–Crippen MR) is 64.0 cm³/mol. The van der Waals surface area contributed by atoms with E-state index in [4.69, 9.17) is 5.26 Å². The van der Waals surface area contributed by atoms with E-state index in [1.165, 1.54) is 11.3 Å². The Morgan fingerprint density at radius 2 is 2.19 bits per heavy atom. The van der Waals surface area contributed by atoms with Crippen LogP contribution in [0.2, 0.25) is 0 Å². The Morgan fingerprint density at radius 3 is 3.06 bits per heavy atom. The van der Waals surface area contributed by atoms with Gasteiger partial charge in [0.05, 0.1) is 6.07 Å². The molecule has 2 unspecified atom stereocenters. The van der Waals surface area contributed by atoms with Crippen molar-refractivity contribution in [2.24, 2.45) is 0 Å². The summed E-state index contributed by atoms with van der Waals surface area (Å²) in [5.74, 6) is 0.368. The van der Waals surface area contributed by atoms with E-state index in [0.717, 1.165) is 12.0 Å². The van der Waals surface area contributed by atoms with Gasteiger partial charge in [0, 0.05) is 23.2 Å². The summed E-state index contributed by atoms with van der Waals surface area (Å²) in [6, 6.07) is 10.9. The molecule has 0 amide bonds. The molecule has 0 radical (unpaired) electrons. The minimum absolute atomic E-state index is 0.349. The number of nitrogens with one attached hydrogen (secondary N) is 1. The van der Waals surface area contributed by atoms with Crippen LogP contribution in [0.5, 0.6) is 0 Å². The van der Waals surface area contributed by atoms with E-state index in [1.807, 2.05) is 12.1 Å². The van der Waals surface area contributed by atoms with Crippen molar-refractivity contribution in [1.82, 2.24) is 0 Å². The number of rotatable bonds is 0. The Kier molecular flexibility index (Phi) is 2.04. The molecule has 16 heavy (non-hydrogen) atoms. The van der Waals surface area contributed by atoms with Crippen LogP contribution in [0.15, 0.2) is 48.1 Å². The number of hydrogen-bond acceptors (Lipinski definition) is 2. The Morgan fingerprint density at radius 1 is 1.31 bits per heavy atom. The van der Waals surface area contributed by atoms with Crippen LogP contribution in [0, 0.1) is 11.3 Å². The third-order valence-corrected chi connectivity index (χ3v) is 3.23. The van der Waals surface area contributed by atoms with E-state index in [9.17, 15) is 0 Å². The normalized spacial score (nSPS) is 25.8. The van der Waals surface area contributed by atoms with E-state index < -0.39 is 0 Å². The first kappa shape index (κ1) is 9.23. The van der Waals surface area contributed by atoms with E-state index in [2.05, 4.69) is 41.7 Å². The number of hydrogen-bond donors (Lipinski definition) is 1. The molecule has 0 saturated heterocycles. The summed E-state index contributed by atoms with van der Waals surface area (Å²) < 4.78 is 0. The molecule has 0 fully saturated rings. The Hall–Kier alpha value is -2.01. The zero-order valence-electron chi connectivity index (χ0n) is 8.85. The minimum Gasteiger partial charge on any atom is -0.379 e. The number of benzene rings is 1. The van der Waals surface area contributed by atoms with Gasteiger partial charge in [-0.2, -0.15) is 5.26 Å². The molecule has 3 rings (SSSR count). The van der Waals surface area contributed by atoms with Gasteiger partial charge in [0.1, 0.15) is 0 Å². The predicted octanol–water partition coefficient (Wildman–Crippen LogP) is 2.97. The molecule has 1 aliphatic heterocycles. The zero-order valence-corrected chi connectivity index (χ0v) is 8.85. The fourth-order valence-corrected chi connectivity index (χ4v) is 2.46. The molecule has 1 aliphatic carbocycles. The molecule has 2 nitrogen and oxygen atoms in total. The topological polar surface area (TPSA) is 35.8 Å². The lowest BCUT2D eigenvalue weighted by atomic mass is 9.87. The summed E-state index contributed by atoms with van der Waals surface area (Å²) >= 11 is 0. The van der Waals surface area contributed by atoms with Crippen molar-refractivity contribution < 1.29 is 0 Å². The third kappa shape index (κ3) is 1.42. The highest BCUT2D eigenvalue weighted by atomic mass is 14.9. The molecule has 1 aromatic carbocycles. The van der Waals surface area contributed by atoms with E-state index in [0.29, 0.717) is 12.0 Å². The van der Waals surface area contributed by atoms with Gasteiger partial charge in [-0.1, -0.05) is 30.4 Å². The van der Waals surface area contributed by atoms with Crippen LogP contribution in [0.4, 0.5) is 5.69 Å². The van der Waals surface area contributed by atoms with Crippen LogP contribution in [-0.2, 0) is 0 Å². The lowest BCUT2D eigenvalue weighted by Crippen LogP contribution is -2.24. The van der Waals surface area contributed by atoms with E-state index >= 15 is 0 Å². The highest BCUT2D eigenvalue weighted by molar-refractivity contribution is 5.59. The van der Waals surface area contributed by atoms with Crippen molar-refractivity contribution in [2.45, 2.75) is 18.4 Å². The van der Waals surface area contributed by atoms with Gasteiger partial charge < -0.3 is 5.32 Å². The highest BCUT2D eigenvalue weighted by Crippen LogP contribution is 2.37. The number of para-hydroxylation sites is 1. The molecule has 2 aliphatic rings. The maximum absolute atomic E-state index is 8.99. The van der Waals surface area contributed by atoms with Gasteiger partial charge in [0.25, 0.3) is 0 Å². The maximum Gasteiger partial charge on any atom is 0.0988 e. The monoisotopic (exact) mass is 208 g/mol. The molecule has 1 heterocycles. The van der Waals surface area contributed by atoms with Crippen molar-refractivity contribution >= 4 is 5.69 Å². The van der Waals surface area contributed by atoms with Gasteiger partial charge in [-0.3, -0.25) is 0 Å². The second-order valence-corrected chi connectivity index (χ2v) is 4.27. The fourth-order valence-electron chi connectivity index (χ4n) is 2.46. The van der Waals surface area contributed by atoms with Crippen LogP contribution in [0.25, 0.3) is 0 Å². The highest BCUT2D eigenvalue weighted by Gasteiger charge is 2.25. The summed E-state index contributed by atoms with van der Waals surface area (Å²) in [4.78, 5) is 0. The Labute approximate surface area is 94.9 Å². The second-order valence-electron chi connectivity index (χ2n) is 4.27. The first-order valence-electron chi connectivity index (χ1n) is 5.52. The average Bonchev–Trinajstić information content (AvgIpc) is 2.49. The summed E-state index contributed by atoms with van der Waals surface area (Å²) in [5.41, 5.74) is 3.27. The molecule has 0 aromatic heterocycles. The molecule has 1 aromatic rings. The van der Waals surface area contributed by atoms with Crippen molar-refractivity contribution in [1.29, 1.82) is 5.26 Å². The first-order chi connectivity index (χ1) is 7.86. The first-order valence-corrected chi connectivity index (χ1v) is 5.52. The van der Waals surface area contributed by atoms with Gasteiger partial charge in [-0.05, 0) is 24.1 Å². The van der Waals surface area contributed by atoms with Gasteiger partial charge in [0.2, 0.25) is 0 Å². The van der Waals surface area contributed by atoms with Gasteiger partial charge in [0.15, 0.2) is 0 Å². The molecule has 78 valence electrons. The van der Waals surface area contributed by atoms with Gasteiger partial charge >= 0.3 is 0 Å². The molecule has 2 heteroatoms. The van der Waals surface area contributed by atoms with Crippen molar-refractivity contribution in [3.8, 4) is 6.07 Å². The summed E-state index contributed by atoms with van der Waals surface area (Å²) in [6.45, 7) is 0. The lowest BCUT2D eigenvalue weighted by Gasteiger charge is -2.29. The summed E-state index contributed by atoms with van der Waals surface area (Å²) in [6.07, 6.45) is 7.13. The standard InChI is InChI=1S/C14H12N2/c15-9-10-5-6-12-8-11(7-10)13-3-1-2-4-14(13)16-12/h1-7,11-12,16H,8H2. The summed E-state index contributed by atoms with van der Waals surface area (Å²) in [7, 11) is 0. The van der Waals surface area contributed by atoms with Crippen molar-refractivity contribution in [2.75, 3.05) is 5.32 Å². The molecule has 2 atom stereocenters. The van der Waals surface area contributed by atoms with Crippen LogP contribution in [0.1, 0.15) is 17.9 Å². The van der Waals surface area contributed by atoms with Crippen LogP contribution >= 0.6 is 0 Å². The smallest absolute Gasteiger partial charge is 0.0988 e. The van der Waals surface area contributed by atoms with Crippen molar-refractivity contribution in [3.05, 3.63) is 53.6 Å². The SMILES string of the molecule is N#CC1=CC2CC(C=C1)Nc1ccccc12. The van der Waals surface area contributed by atoms with Crippen LogP contribution < -0.4 is 5.32 Å². The molecule has 0 spiro atoms. The lowest BCUT2D eigenvalue weighted by molar-refractivity contribution is 0.670. The molecular formula is C14H12N2. The van der Waals surface area contributed by atoms with E-state index in [-0.39, 0.29) is 0 Å². The Bertz CT molecular complexity index is 520. The summed E-state index contributed by atoms with van der Waals surface area (Å²) in [5, 5.41) is 12.5. The van der Waals surface area contributed by atoms with E-state index in [1.54, 1.807) is 0 Å². The molecule has 2 bridgehead atoms. The van der Waals surface area contributed by atoms with Gasteiger partial charge in [-0.15, -0.1) is 0 Å². The minimum atomic E-state index is 0.349. The number of fused-ring (bicyclic) bond motifs is 4. The number of nitriles is 1. The number of anilines is 1. The average molecular weight is 208 g/mol. The maximum atomic E-state index is 8.99. The van der Waals surface area contributed by atoms with Gasteiger partial charge in [-0.25, -0.2) is 0 Å². The molecule has 1 N–H and O–H groups in total. The number of nitrogens with zero attached hydrogens (tertiary/aromatic N) is 1. The number of allylic oxidation sites excluding steroid dienone is 3. The second kappa shape index (κ2) is 3.53. The quantitative estimate of drug-likeness (QED) is 0.711. The fraction of sp³-hybridized carbons (Fsp3) is 0.214.